The first-order valence-electron chi connectivity index (χ1n) is 9.60. The molecular weight excluding hydrogens is 406 g/mol. The second-order valence-electron chi connectivity index (χ2n) is 6.75. The molecule has 0 bridgehead atoms. The number of nitro groups is 1. The van der Waals surface area contributed by atoms with Crippen molar-refractivity contribution in [3.63, 3.8) is 0 Å². The highest BCUT2D eigenvalue weighted by Gasteiger charge is 2.13. The van der Waals surface area contributed by atoms with Crippen LogP contribution in [0.3, 0.4) is 0 Å². The summed E-state index contributed by atoms with van der Waals surface area (Å²) < 4.78 is 13.6. The molecule has 30 heavy (non-hydrogen) atoms. The minimum Gasteiger partial charge on any atom is -0.491 e. The van der Waals surface area contributed by atoms with Crippen LogP contribution in [0.15, 0.2) is 47.5 Å². The van der Waals surface area contributed by atoms with E-state index in [1.807, 2.05) is 25.3 Å². The van der Waals surface area contributed by atoms with Gasteiger partial charge in [-0.1, -0.05) is 11.3 Å². The Labute approximate surface area is 177 Å². The normalized spacial score (nSPS) is 11.9. The molecule has 0 radical (unpaired) electrons. The van der Waals surface area contributed by atoms with Gasteiger partial charge in [-0.25, -0.2) is 0 Å². The third-order valence-corrected chi connectivity index (χ3v) is 5.25. The number of thiazole rings is 1. The number of amides is 1. The molecule has 1 amide bonds. The highest BCUT2D eigenvalue weighted by molar-refractivity contribution is 7.16. The van der Waals surface area contributed by atoms with Crippen LogP contribution in [0.1, 0.15) is 31.1 Å². The number of aromatic nitrogens is 1. The number of carbonyl (C=O) groups excluding carboxylic acids is 1. The Morgan fingerprint density at radius 3 is 2.60 bits per heavy atom. The number of non-ortho nitro benzene ring substituents is 1. The molecule has 2 aromatic carbocycles. The number of carbonyl (C=O) groups is 1. The standard InChI is InChI=1S/C21H23N3O5S/c1-4-28-12-11-23-18-10-7-16(24(26)27)13-19(18)30-21(23)22-20(25)15-5-8-17(9-6-15)29-14(2)3/h5-10,13-14H,4,11-12H2,1-3H3. The summed E-state index contributed by atoms with van der Waals surface area (Å²) in [6.07, 6.45) is 0.0446. The Kier molecular flexibility index (Phi) is 6.96. The van der Waals surface area contributed by atoms with Gasteiger partial charge in [-0.15, -0.1) is 0 Å². The maximum Gasteiger partial charge on any atom is 0.279 e. The predicted molar refractivity (Wildman–Crippen MR) is 115 cm³/mol. The predicted octanol–water partition coefficient (Wildman–Crippen LogP) is 4.18. The lowest BCUT2D eigenvalue weighted by molar-refractivity contribution is -0.384. The summed E-state index contributed by atoms with van der Waals surface area (Å²) >= 11 is 1.24. The van der Waals surface area contributed by atoms with Crippen molar-refractivity contribution >= 4 is 33.1 Å². The first kappa shape index (κ1) is 21.7. The Hall–Kier alpha value is -3.04. The lowest BCUT2D eigenvalue weighted by Gasteiger charge is -2.09. The smallest absolute Gasteiger partial charge is 0.279 e. The average Bonchev–Trinajstić information content (AvgIpc) is 3.04. The number of ether oxygens (including phenoxy) is 2. The minimum absolute atomic E-state index is 0.000624. The van der Waals surface area contributed by atoms with Crippen molar-refractivity contribution in [2.24, 2.45) is 4.99 Å². The average molecular weight is 429 g/mol. The van der Waals surface area contributed by atoms with Crippen LogP contribution in [0.5, 0.6) is 5.75 Å². The van der Waals surface area contributed by atoms with Gasteiger partial charge in [0, 0.05) is 30.8 Å². The third kappa shape index (κ3) is 5.11. The Bertz CT molecular complexity index is 1120. The highest BCUT2D eigenvalue weighted by atomic mass is 32.1. The van der Waals surface area contributed by atoms with E-state index in [1.54, 1.807) is 30.3 Å². The third-order valence-electron chi connectivity index (χ3n) is 4.21. The molecule has 0 saturated carbocycles. The minimum atomic E-state index is -0.438. The zero-order chi connectivity index (χ0) is 21.7. The molecule has 0 spiro atoms. The Balaban J connectivity index is 1.99. The number of rotatable bonds is 8. The second kappa shape index (κ2) is 9.64. The molecule has 0 aliphatic carbocycles. The van der Waals surface area contributed by atoms with Gasteiger partial charge in [-0.05, 0) is 51.1 Å². The van der Waals surface area contributed by atoms with Gasteiger partial charge in [0.15, 0.2) is 4.80 Å². The van der Waals surface area contributed by atoms with Gasteiger partial charge >= 0.3 is 0 Å². The topological polar surface area (TPSA) is 96.0 Å². The summed E-state index contributed by atoms with van der Waals surface area (Å²) in [4.78, 5) is 28.1. The number of hydrogen-bond donors (Lipinski definition) is 0. The van der Waals surface area contributed by atoms with E-state index >= 15 is 0 Å². The number of nitrogens with zero attached hydrogens (tertiary/aromatic N) is 3. The summed E-state index contributed by atoms with van der Waals surface area (Å²) in [5, 5.41) is 11.1. The largest absolute Gasteiger partial charge is 0.491 e. The number of hydrogen-bond acceptors (Lipinski definition) is 6. The van der Waals surface area contributed by atoms with Crippen LogP contribution in [0.25, 0.3) is 10.2 Å². The van der Waals surface area contributed by atoms with Crippen molar-refractivity contribution in [3.8, 4) is 5.75 Å². The summed E-state index contributed by atoms with van der Waals surface area (Å²) in [7, 11) is 0. The van der Waals surface area contributed by atoms with Gasteiger partial charge in [0.1, 0.15) is 5.75 Å². The fourth-order valence-electron chi connectivity index (χ4n) is 2.88. The molecule has 3 aromatic rings. The van der Waals surface area contributed by atoms with Gasteiger partial charge in [-0.2, -0.15) is 4.99 Å². The van der Waals surface area contributed by atoms with Gasteiger partial charge in [0.05, 0.1) is 27.9 Å². The monoisotopic (exact) mass is 429 g/mol. The molecule has 3 rings (SSSR count). The van der Waals surface area contributed by atoms with Crippen LogP contribution >= 0.6 is 11.3 Å². The molecule has 0 aliphatic heterocycles. The lowest BCUT2D eigenvalue weighted by Crippen LogP contribution is -2.19. The lowest BCUT2D eigenvalue weighted by atomic mass is 10.2. The number of fused-ring (bicyclic) bond motifs is 1. The van der Waals surface area contributed by atoms with Crippen LogP contribution in [-0.2, 0) is 11.3 Å². The van der Waals surface area contributed by atoms with E-state index in [1.165, 1.54) is 23.5 Å². The second-order valence-corrected chi connectivity index (χ2v) is 7.76. The van der Waals surface area contributed by atoms with Gasteiger partial charge in [-0.3, -0.25) is 14.9 Å². The molecule has 0 atom stereocenters. The van der Waals surface area contributed by atoms with E-state index in [0.717, 1.165) is 5.52 Å². The van der Waals surface area contributed by atoms with E-state index in [-0.39, 0.29) is 11.8 Å². The fraction of sp³-hybridized carbons (Fsp3) is 0.333. The van der Waals surface area contributed by atoms with Crippen LogP contribution in [0, 0.1) is 10.1 Å². The molecule has 0 N–H and O–H groups in total. The quantitative estimate of drug-likeness (QED) is 0.304. The zero-order valence-corrected chi connectivity index (χ0v) is 17.8. The van der Waals surface area contributed by atoms with Crippen molar-refractivity contribution in [1.82, 2.24) is 4.57 Å². The summed E-state index contributed by atoms with van der Waals surface area (Å²) in [6.45, 7) is 7.27. The molecule has 0 saturated heterocycles. The SMILES string of the molecule is CCOCCn1c(=NC(=O)c2ccc(OC(C)C)cc2)sc2cc([N+](=O)[O-])ccc21. The van der Waals surface area contributed by atoms with Crippen LogP contribution in [-0.4, -0.2) is 34.7 Å². The molecule has 158 valence electrons. The Morgan fingerprint density at radius 2 is 1.97 bits per heavy atom. The van der Waals surface area contributed by atoms with E-state index in [2.05, 4.69) is 4.99 Å². The van der Waals surface area contributed by atoms with Crippen LogP contribution in [0.4, 0.5) is 5.69 Å². The Morgan fingerprint density at radius 1 is 1.23 bits per heavy atom. The molecule has 0 aliphatic rings. The molecule has 8 nitrogen and oxygen atoms in total. The fourth-order valence-corrected chi connectivity index (χ4v) is 3.96. The van der Waals surface area contributed by atoms with Crippen LogP contribution < -0.4 is 9.54 Å². The highest BCUT2D eigenvalue weighted by Crippen LogP contribution is 2.23. The zero-order valence-electron chi connectivity index (χ0n) is 17.0. The van der Waals surface area contributed by atoms with E-state index < -0.39 is 10.8 Å². The number of nitro benzene ring substituents is 1. The molecule has 1 heterocycles. The van der Waals surface area contributed by atoms with Crippen molar-refractivity contribution in [1.29, 1.82) is 0 Å². The molecule has 0 unspecified atom stereocenters. The molecule has 9 heteroatoms. The summed E-state index contributed by atoms with van der Waals surface area (Å²) in [5.74, 6) is 0.291. The molecular formula is C21H23N3O5S. The molecule has 0 fully saturated rings. The first-order chi connectivity index (χ1) is 14.4. The van der Waals surface area contributed by atoms with E-state index in [9.17, 15) is 14.9 Å². The first-order valence-corrected chi connectivity index (χ1v) is 10.4. The van der Waals surface area contributed by atoms with Gasteiger partial charge < -0.3 is 14.0 Å². The van der Waals surface area contributed by atoms with Crippen LogP contribution in [0.2, 0.25) is 0 Å². The summed E-state index contributed by atoms with van der Waals surface area (Å²) in [5.41, 5.74) is 1.21. The van der Waals surface area contributed by atoms with Crippen molar-refractivity contribution in [2.45, 2.75) is 33.4 Å². The van der Waals surface area contributed by atoms with E-state index in [4.69, 9.17) is 9.47 Å². The maximum absolute atomic E-state index is 12.7. The number of benzene rings is 2. The molecule has 1 aromatic heterocycles. The van der Waals surface area contributed by atoms with Crippen molar-refractivity contribution in [2.75, 3.05) is 13.2 Å². The van der Waals surface area contributed by atoms with Crippen molar-refractivity contribution < 1.29 is 19.2 Å². The summed E-state index contributed by atoms with van der Waals surface area (Å²) in [6, 6.07) is 11.4. The maximum atomic E-state index is 12.7. The van der Waals surface area contributed by atoms with Gasteiger partial charge in [0.25, 0.3) is 11.6 Å². The van der Waals surface area contributed by atoms with Gasteiger partial charge in [0.2, 0.25) is 0 Å². The van der Waals surface area contributed by atoms with E-state index in [0.29, 0.717) is 40.6 Å². The van der Waals surface area contributed by atoms with Crippen molar-refractivity contribution in [3.05, 3.63) is 62.9 Å².